The van der Waals surface area contributed by atoms with Gasteiger partial charge < -0.3 is 14.5 Å². The molecule has 242 valence electrons. The number of nitrogens with zero attached hydrogens (tertiary/aromatic N) is 4. The van der Waals surface area contributed by atoms with Gasteiger partial charge in [-0.1, -0.05) is 65.6 Å². The molecule has 14 heteroatoms. The molecule has 0 saturated heterocycles. The van der Waals surface area contributed by atoms with E-state index in [9.17, 15) is 24.5 Å². The average molecular weight is 682 g/mol. The van der Waals surface area contributed by atoms with Gasteiger partial charge in [-0.05, 0) is 49.2 Å². The van der Waals surface area contributed by atoms with Crippen molar-refractivity contribution in [2.24, 2.45) is 4.99 Å². The zero-order chi connectivity index (χ0) is 33.9. The fourth-order valence-corrected chi connectivity index (χ4v) is 7.18. The van der Waals surface area contributed by atoms with Crippen LogP contribution in [0, 0.1) is 17.0 Å². The molecule has 6 rings (SSSR count). The largest absolute Gasteiger partial charge is 0.497 e. The van der Waals surface area contributed by atoms with E-state index in [0.29, 0.717) is 43.5 Å². The summed E-state index contributed by atoms with van der Waals surface area (Å²) >= 11 is 2.18. The normalized spacial score (nSPS) is 14.3. The fraction of sp³-hybridized carbons (Fsp3) is 0.147. The summed E-state index contributed by atoms with van der Waals surface area (Å²) in [5, 5.41) is 12.0. The highest BCUT2D eigenvalue weighted by Gasteiger charge is 2.35. The van der Waals surface area contributed by atoms with Crippen LogP contribution in [0.4, 0.5) is 5.69 Å². The number of nitro benzene ring substituents is 1. The second-order valence-corrected chi connectivity index (χ2v) is 12.5. The van der Waals surface area contributed by atoms with Crippen molar-refractivity contribution in [1.82, 2.24) is 14.5 Å². The molecule has 0 amide bonds. The van der Waals surface area contributed by atoms with Gasteiger partial charge in [0, 0.05) is 34.4 Å². The molecule has 0 radical (unpaired) electrons. The molecule has 0 aliphatic carbocycles. The third kappa shape index (κ3) is 6.48. The minimum absolute atomic E-state index is 0.105. The first-order valence-corrected chi connectivity index (χ1v) is 16.3. The van der Waals surface area contributed by atoms with Crippen molar-refractivity contribution in [3.05, 3.63) is 147 Å². The smallest absolute Gasteiger partial charge is 0.338 e. The Bertz CT molecular complexity index is 2350. The van der Waals surface area contributed by atoms with Crippen molar-refractivity contribution in [3.8, 4) is 5.75 Å². The van der Waals surface area contributed by atoms with Crippen LogP contribution in [0.15, 0.2) is 109 Å². The van der Waals surface area contributed by atoms with Gasteiger partial charge in [-0.2, -0.15) is 0 Å². The van der Waals surface area contributed by atoms with Crippen LogP contribution in [-0.2, 0) is 9.53 Å². The van der Waals surface area contributed by atoms with E-state index in [0.717, 1.165) is 23.1 Å². The number of nitro groups is 1. The Morgan fingerprint density at radius 1 is 1.10 bits per heavy atom. The van der Waals surface area contributed by atoms with Crippen LogP contribution in [-0.4, -0.2) is 39.1 Å². The van der Waals surface area contributed by atoms with Gasteiger partial charge in [-0.3, -0.25) is 24.3 Å². The number of fused-ring (bicyclic) bond motifs is 1. The lowest BCUT2D eigenvalue weighted by Gasteiger charge is -2.26. The van der Waals surface area contributed by atoms with Gasteiger partial charge in [-0.15, -0.1) is 0 Å². The number of ether oxygens (including phenoxy) is 2. The second-order valence-electron chi connectivity index (χ2n) is 10.5. The maximum absolute atomic E-state index is 14.4. The monoisotopic (exact) mass is 681 g/mol. The Balaban J connectivity index is 1.62. The first-order valence-electron chi connectivity index (χ1n) is 14.6. The summed E-state index contributed by atoms with van der Waals surface area (Å²) in [5.74, 6) is -0.101. The number of carbonyl (C=O) groups excluding carboxylic acids is 1. The Morgan fingerprint density at radius 3 is 2.60 bits per heavy atom. The molecule has 1 aliphatic heterocycles. The Morgan fingerprint density at radius 2 is 1.90 bits per heavy atom. The number of nitrogens with one attached hydrogen (secondary N) is 1. The number of H-pyrrole nitrogens is 1. The molecule has 0 saturated carbocycles. The number of aromatic amines is 1. The molecule has 3 heterocycles. The minimum atomic E-state index is -0.937. The van der Waals surface area contributed by atoms with E-state index in [1.807, 2.05) is 30.3 Å². The summed E-state index contributed by atoms with van der Waals surface area (Å²) in [4.78, 5) is 64.1. The molecule has 1 aliphatic rings. The zero-order valence-corrected chi connectivity index (χ0v) is 27.5. The maximum atomic E-state index is 14.4. The number of thiazole rings is 1. The van der Waals surface area contributed by atoms with Gasteiger partial charge >= 0.3 is 5.97 Å². The summed E-state index contributed by atoms with van der Waals surface area (Å²) in [6.07, 6.45) is 1.55. The summed E-state index contributed by atoms with van der Waals surface area (Å²) in [6.45, 7) is 3.49. The molecule has 0 spiro atoms. The van der Waals surface area contributed by atoms with Crippen LogP contribution >= 0.6 is 23.1 Å². The van der Waals surface area contributed by atoms with Crippen LogP contribution in [0.25, 0.3) is 11.8 Å². The Kier molecular flexibility index (Phi) is 9.19. The van der Waals surface area contributed by atoms with Gasteiger partial charge in [0.05, 0.1) is 40.5 Å². The van der Waals surface area contributed by atoms with E-state index in [1.54, 1.807) is 50.3 Å². The summed E-state index contributed by atoms with van der Waals surface area (Å²) < 4.78 is 12.6. The summed E-state index contributed by atoms with van der Waals surface area (Å²) in [7, 11) is 1.53. The fourth-order valence-electron chi connectivity index (χ4n) is 5.27. The van der Waals surface area contributed by atoms with Crippen LogP contribution in [0.3, 0.4) is 0 Å². The number of benzene rings is 3. The summed E-state index contributed by atoms with van der Waals surface area (Å²) in [6, 6.07) is 20.9. The van der Waals surface area contributed by atoms with Crippen molar-refractivity contribution >= 4 is 46.5 Å². The minimum Gasteiger partial charge on any atom is -0.497 e. The van der Waals surface area contributed by atoms with Crippen molar-refractivity contribution in [1.29, 1.82) is 0 Å². The van der Waals surface area contributed by atoms with Crippen LogP contribution < -0.4 is 25.2 Å². The van der Waals surface area contributed by atoms with Gasteiger partial charge in [0.1, 0.15) is 5.75 Å². The predicted octanol–water partition coefficient (Wildman–Crippen LogP) is 4.40. The number of methoxy groups -OCH3 is 1. The van der Waals surface area contributed by atoms with E-state index in [2.05, 4.69) is 9.97 Å². The summed E-state index contributed by atoms with van der Waals surface area (Å²) in [5.41, 5.74) is 1.64. The van der Waals surface area contributed by atoms with E-state index in [1.165, 1.54) is 29.9 Å². The third-order valence-electron chi connectivity index (χ3n) is 7.33. The average Bonchev–Trinajstić information content (AvgIpc) is 3.38. The van der Waals surface area contributed by atoms with E-state index < -0.39 is 22.5 Å². The molecule has 48 heavy (non-hydrogen) atoms. The first-order chi connectivity index (χ1) is 23.2. The van der Waals surface area contributed by atoms with Crippen molar-refractivity contribution in [2.75, 3.05) is 13.7 Å². The number of rotatable bonds is 9. The lowest BCUT2D eigenvalue weighted by molar-refractivity contribution is -0.384. The molecule has 3 aromatic carbocycles. The molecule has 2 aromatic heterocycles. The number of carbonyl (C=O) groups is 1. The third-order valence-corrected chi connectivity index (χ3v) is 9.29. The molecule has 0 unspecified atom stereocenters. The molecule has 0 fully saturated rings. The standard InChI is InChI=1S/C34H27N5O7S2/c1-4-46-32(42)28-29(20-9-6-5-7-10-20)37-34-38(30(28)21-11-8-12-24(17-21)45-3)31(41)26(48-34)18-22-16-23(39(43)44)13-14-25(22)47-33-35-19(2)15-27(40)36-33/h5-18,30H,4H2,1-3H3,(H,35,36,40)/b26-18+/t30-/m1/s1. The van der Waals surface area contributed by atoms with Crippen molar-refractivity contribution < 1.29 is 19.2 Å². The van der Waals surface area contributed by atoms with E-state index in [4.69, 9.17) is 14.5 Å². The number of aryl methyl sites for hydroxylation is 1. The van der Waals surface area contributed by atoms with Crippen molar-refractivity contribution in [3.63, 3.8) is 0 Å². The predicted molar refractivity (Wildman–Crippen MR) is 181 cm³/mol. The lowest BCUT2D eigenvalue weighted by Crippen LogP contribution is -2.40. The SMILES string of the molecule is CCOC(=O)C1=C(c2ccccc2)N=c2s/c(=C/c3cc([N+](=O)[O-])ccc3Sc3nc(C)cc(=O)[nH]3)c(=O)n2[C@@H]1c1cccc(OC)c1. The molecule has 5 aromatic rings. The number of non-ortho nitro benzene ring substituents is 1. The molecule has 1 N–H and O–H groups in total. The molecular weight excluding hydrogens is 655 g/mol. The lowest BCUT2D eigenvalue weighted by atomic mass is 9.93. The second kappa shape index (κ2) is 13.6. The quantitative estimate of drug-likeness (QED) is 0.103. The number of hydrogen-bond acceptors (Lipinski definition) is 11. The van der Waals surface area contributed by atoms with Crippen LogP contribution in [0.1, 0.15) is 35.3 Å². The first kappa shape index (κ1) is 32.3. The van der Waals surface area contributed by atoms with Gasteiger partial charge in [0.15, 0.2) is 9.96 Å². The highest BCUT2D eigenvalue weighted by molar-refractivity contribution is 7.99. The molecule has 0 bridgehead atoms. The highest BCUT2D eigenvalue weighted by Crippen LogP contribution is 2.36. The van der Waals surface area contributed by atoms with Gasteiger partial charge in [0.2, 0.25) is 0 Å². The molecule has 1 atom stereocenters. The Hall–Kier alpha value is -5.60. The Labute approximate surface area is 280 Å². The number of esters is 1. The van der Waals surface area contributed by atoms with Gasteiger partial charge in [0.25, 0.3) is 16.8 Å². The molecular formula is C34H27N5O7S2. The zero-order valence-electron chi connectivity index (χ0n) is 25.8. The maximum Gasteiger partial charge on any atom is 0.338 e. The van der Waals surface area contributed by atoms with Crippen LogP contribution in [0.2, 0.25) is 0 Å². The number of hydrogen-bond donors (Lipinski definition) is 1. The molecule has 12 nitrogen and oxygen atoms in total. The number of aromatic nitrogens is 3. The topological polar surface area (TPSA) is 159 Å². The van der Waals surface area contributed by atoms with E-state index in [-0.39, 0.29) is 33.1 Å². The van der Waals surface area contributed by atoms with E-state index >= 15 is 0 Å². The van der Waals surface area contributed by atoms with Crippen LogP contribution in [0.5, 0.6) is 5.75 Å². The van der Waals surface area contributed by atoms with Gasteiger partial charge in [-0.25, -0.2) is 14.8 Å². The highest BCUT2D eigenvalue weighted by atomic mass is 32.2. The van der Waals surface area contributed by atoms with Crippen molar-refractivity contribution in [2.45, 2.75) is 29.9 Å².